The quantitative estimate of drug-likeness (QED) is 0.631. The van der Waals surface area contributed by atoms with Crippen LogP contribution in [0, 0.1) is 11.8 Å². The second kappa shape index (κ2) is 10.3. The largest absolute Gasteiger partial charge is 0.480 e. The van der Waals surface area contributed by atoms with Gasteiger partial charge in [0.15, 0.2) is 0 Å². The van der Waals surface area contributed by atoms with Crippen LogP contribution in [0.15, 0.2) is 48.5 Å². The number of amides is 2. The predicted octanol–water partition coefficient (Wildman–Crippen LogP) is 3.97. The van der Waals surface area contributed by atoms with Crippen molar-refractivity contribution in [3.05, 3.63) is 59.7 Å². The maximum atomic E-state index is 13.1. The Morgan fingerprint density at radius 1 is 1.03 bits per heavy atom. The van der Waals surface area contributed by atoms with Gasteiger partial charge >= 0.3 is 12.1 Å². The molecule has 1 saturated carbocycles. The highest BCUT2D eigenvalue weighted by Crippen LogP contribution is 2.44. The van der Waals surface area contributed by atoms with Gasteiger partial charge in [-0.15, -0.1) is 11.8 Å². The first-order valence-electron chi connectivity index (χ1n) is 12.2. The summed E-state index contributed by atoms with van der Waals surface area (Å²) in [5, 5.41) is 11.6. The summed E-state index contributed by atoms with van der Waals surface area (Å²) in [6.45, 7) is 1.48. The molecule has 2 aromatic rings. The summed E-state index contributed by atoms with van der Waals surface area (Å²) in [5.74, 6) is -0.339. The zero-order chi connectivity index (χ0) is 24.4. The lowest BCUT2D eigenvalue weighted by Gasteiger charge is -2.33. The zero-order valence-electron chi connectivity index (χ0n) is 19.5. The monoisotopic (exact) mass is 494 g/mol. The summed E-state index contributed by atoms with van der Waals surface area (Å²) in [5.41, 5.74) is 4.71. The molecule has 1 heterocycles. The molecule has 1 saturated heterocycles. The summed E-state index contributed by atoms with van der Waals surface area (Å²) in [4.78, 5) is 38.8. The smallest absolute Gasteiger partial charge is 0.407 e. The van der Waals surface area contributed by atoms with Gasteiger partial charge in [-0.3, -0.25) is 9.59 Å². The molecule has 0 bridgehead atoms. The fraction of sp³-hybridized carbons (Fsp3) is 0.444. The molecule has 1 aliphatic heterocycles. The van der Waals surface area contributed by atoms with Gasteiger partial charge in [0.1, 0.15) is 11.9 Å². The number of fused-ring (bicyclic) bond motifs is 3. The molecule has 184 valence electrons. The predicted molar refractivity (Wildman–Crippen MR) is 134 cm³/mol. The highest BCUT2D eigenvalue weighted by atomic mass is 32.2. The highest BCUT2D eigenvalue weighted by Gasteiger charge is 2.38. The van der Waals surface area contributed by atoms with E-state index in [1.165, 1.54) is 34.0 Å². The van der Waals surface area contributed by atoms with E-state index in [1.54, 1.807) is 4.90 Å². The van der Waals surface area contributed by atoms with E-state index in [9.17, 15) is 19.5 Å². The zero-order valence-corrected chi connectivity index (χ0v) is 20.3. The minimum atomic E-state index is -0.868. The van der Waals surface area contributed by atoms with E-state index in [1.807, 2.05) is 24.3 Å². The fourth-order valence-electron chi connectivity index (χ4n) is 5.70. The second-order valence-corrected chi connectivity index (χ2v) is 10.8. The number of thioether (sulfide) groups is 1. The third kappa shape index (κ3) is 4.89. The lowest BCUT2D eigenvalue weighted by molar-refractivity contribution is -0.140. The number of hydrogen-bond acceptors (Lipinski definition) is 5. The molecule has 3 aliphatic rings. The van der Waals surface area contributed by atoms with Crippen LogP contribution in [0.25, 0.3) is 11.1 Å². The first-order valence-corrected chi connectivity index (χ1v) is 13.3. The minimum Gasteiger partial charge on any atom is -0.480 e. The number of rotatable bonds is 6. The van der Waals surface area contributed by atoms with Crippen LogP contribution in [0.1, 0.15) is 36.3 Å². The standard InChI is InChI=1S/C27H30N2O5S/c30-25(29-12-13-35-24(15-29)26(31)32)18-11-5-6-17(18)14-28-27(33)34-16-23-21-9-3-1-7-19(21)20-8-2-4-10-22(20)23/h1-4,7-10,17-18,23-24H,5-6,11-16H2,(H,28,33)(H,31,32)/t17-,18-,24?/m1/s1. The van der Waals surface area contributed by atoms with Crippen LogP contribution < -0.4 is 5.32 Å². The number of carboxylic acids is 1. The number of aliphatic carboxylic acids is 1. The van der Waals surface area contributed by atoms with E-state index in [2.05, 4.69) is 29.6 Å². The van der Waals surface area contributed by atoms with E-state index in [0.717, 1.165) is 19.3 Å². The van der Waals surface area contributed by atoms with Gasteiger partial charge in [0.2, 0.25) is 5.91 Å². The number of nitrogens with one attached hydrogen (secondary N) is 1. The Kier molecular flexibility index (Phi) is 7.00. The SMILES string of the molecule is O=C(NC[C@H]1CCC[C@H]1C(=O)N1CCSC(C(=O)O)C1)OCC1c2ccccc2-c2ccccc21. The van der Waals surface area contributed by atoms with Crippen molar-refractivity contribution in [1.29, 1.82) is 0 Å². The van der Waals surface area contributed by atoms with Crippen molar-refractivity contribution in [2.24, 2.45) is 11.8 Å². The van der Waals surface area contributed by atoms with Crippen molar-refractivity contribution >= 4 is 29.7 Å². The molecule has 0 radical (unpaired) electrons. The van der Waals surface area contributed by atoms with Crippen LogP contribution in [0.5, 0.6) is 0 Å². The third-order valence-electron chi connectivity index (χ3n) is 7.48. The van der Waals surface area contributed by atoms with Crippen LogP contribution in [0.2, 0.25) is 0 Å². The summed E-state index contributed by atoms with van der Waals surface area (Å²) >= 11 is 1.39. The number of ether oxygens (including phenoxy) is 1. The molecule has 8 heteroatoms. The van der Waals surface area contributed by atoms with Crippen LogP contribution in [-0.2, 0) is 14.3 Å². The number of carboxylic acid groups (broad SMARTS) is 1. The van der Waals surface area contributed by atoms with Gasteiger partial charge < -0.3 is 20.1 Å². The Morgan fingerprint density at radius 3 is 2.40 bits per heavy atom. The Hall–Kier alpha value is -3.00. The van der Waals surface area contributed by atoms with Crippen LogP contribution in [0.4, 0.5) is 4.79 Å². The number of carbonyl (C=O) groups excluding carboxylic acids is 2. The van der Waals surface area contributed by atoms with E-state index in [4.69, 9.17) is 4.74 Å². The molecular weight excluding hydrogens is 464 g/mol. The van der Waals surface area contributed by atoms with E-state index in [-0.39, 0.29) is 36.8 Å². The van der Waals surface area contributed by atoms with Crippen molar-refractivity contribution in [1.82, 2.24) is 10.2 Å². The van der Waals surface area contributed by atoms with Crippen molar-refractivity contribution in [3.8, 4) is 11.1 Å². The highest BCUT2D eigenvalue weighted by molar-refractivity contribution is 8.00. The van der Waals surface area contributed by atoms with E-state index >= 15 is 0 Å². The van der Waals surface area contributed by atoms with Crippen molar-refractivity contribution < 1.29 is 24.2 Å². The number of hydrogen-bond donors (Lipinski definition) is 2. The van der Waals surface area contributed by atoms with Gasteiger partial charge in [-0.25, -0.2) is 4.79 Å². The molecule has 1 unspecified atom stereocenters. The third-order valence-corrected chi connectivity index (χ3v) is 8.65. The number of carbonyl (C=O) groups is 3. The Labute approximate surface area is 209 Å². The maximum Gasteiger partial charge on any atom is 0.407 e. The molecule has 5 rings (SSSR count). The molecule has 2 amide bonds. The average Bonchev–Trinajstić information content (AvgIpc) is 3.48. The topological polar surface area (TPSA) is 95.9 Å². The Bertz CT molecular complexity index is 1080. The lowest BCUT2D eigenvalue weighted by atomic mass is 9.94. The van der Waals surface area contributed by atoms with Crippen molar-refractivity contribution in [3.63, 3.8) is 0 Å². The van der Waals surface area contributed by atoms with Gasteiger partial charge in [-0.1, -0.05) is 55.0 Å². The van der Waals surface area contributed by atoms with Crippen LogP contribution >= 0.6 is 11.8 Å². The molecule has 7 nitrogen and oxygen atoms in total. The molecular formula is C27H30N2O5S. The van der Waals surface area contributed by atoms with Gasteiger partial charge in [-0.2, -0.15) is 0 Å². The Morgan fingerprint density at radius 2 is 1.71 bits per heavy atom. The second-order valence-electron chi connectivity index (χ2n) is 9.49. The normalized spacial score (nSPS) is 23.4. The average molecular weight is 495 g/mol. The molecule has 0 spiro atoms. The minimum absolute atomic E-state index is 0.00751. The fourth-order valence-corrected chi connectivity index (χ4v) is 6.74. The molecule has 0 aromatic heterocycles. The number of alkyl carbamates (subject to hydrolysis) is 1. The first-order chi connectivity index (χ1) is 17.0. The summed E-state index contributed by atoms with van der Waals surface area (Å²) in [6.07, 6.45) is 2.10. The molecule has 2 fully saturated rings. The summed E-state index contributed by atoms with van der Waals surface area (Å²) in [7, 11) is 0. The van der Waals surface area contributed by atoms with E-state index in [0.29, 0.717) is 18.8 Å². The number of benzene rings is 2. The lowest BCUT2D eigenvalue weighted by Crippen LogP contribution is -2.48. The molecule has 2 aromatic carbocycles. The van der Waals surface area contributed by atoms with Crippen molar-refractivity contribution in [2.45, 2.75) is 30.4 Å². The van der Waals surface area contributed by atoms with Crippen LogP contribution in [-0.4, -0.2) is 65.2 Å². The number of nitrogens with zero attached hydrogens (tertiary/aromatic N) is 1. The summed E-state index contributed by atoms with van der Waals surface area (Å²) < 4.78 is 5.64. The molecule has 3 atom stereocenters. The molecule has 2 N–H and O–H groups in total. The Balaban J connectivity index is 1.15. The summed E-state index contributed by atoms with van der Waals surface area (Å²) in [6, 6.07) is 16.4. The van der Waals surface area contributed by atoms with E-state index < -0.39 is 17.3 Å². The molecule has 35 heavy (non-hydrogen) atoms. The first kappa shape index (κ1) is 23.7. The maximum absolute atomic E-state index is 13.1. The van der Waals surface area contributed by atoms with Gasteiger partial charge in [0.05, 0.1) is 0 Å². The molecule has 2 aliphatic carbocycles. The van der Waals surface area contributed by atoms with Gasteiger partial charge in [0, 0.05) is 37.2 Å². The van der Waals surface area contributed by atoms with Gasteiger partial charge in [-0.05, 0) is 41.0 Å². The van der Waals surface area contributed by atoms with Crippen molar-refractivity contribution in [2.75, 3.05) is 32.0 Å². The van der Waals surface area contributed by atoms with Crippen LogP contribution in [0.3, 0.4) is 0 Å². The van der Waals surface area contributed by atoms with Gasteiger partial charge in [0.25, 0.3) is 0 Å².